The number of nitrogens with zero attached hydrogens (tertiary/aromatic N) is 3. The summed E-state index contributed by atoms with van der Waals surface area (Å²) in [7, 11) is 1.42. The van der Waals surface area contributed by atoms with E-state index in [1.165, 1.54) is 29.8 Å². The molecule has 2 aromatic rings. The van der Waals surface area contributed by atoms with Gasteiger partial charge in [-0.1, -0.05) is 16.8 Å². The Balaban J connectivity index is 1.84. The molecule has 2 amide bonds. The molecule has 0 saturated heterocycles. The van der Waals surface area contributed by atoms with Crippen molar-refractivity contribution in [1.82, 2.24) is 15.0 Å². The summed E-state index contributed by atoms with van der Waals surface area (Å²) in [5.41, 5.74) is -1.12. The number of hydrogen-bond donors (Lipinski definition) is 1. The average Bonchev–Trinajstić information content (AvgIpc) is 3.00. The van der Waals surface area contributed by atoms with Gasteiger partial charge in [-0.15, -0.1) is 11.8 Å². The molecule has 1 heterocycles. The topological polar surface area (TPSA) is 88.3 Å². The maximum atomic E-state index is 12.9. The average molecular weight is 437 g/mol. The molecule has 1 N–H and O–H groups in total. The first-order valence-electron chi connectivity index (χ1n) is 7.83. The number of amides is 2. The number of rotatable bonds is 7. The van der Waals surface area contributed by atoms with Crippen LogP contribution in [0.5, 0.6) is 0 Å². The van der Waals surface area contributed by atoms with Crippen molar-refractivity contribution in [1.29, 1.82) is 0 Å². The smallest absolute Gasteiger partial charge is 0.340 e. The van der Waals surface area contributed by atoms with Crippen LogP contribution in [0, 0.1) is 6.92 Å². The van der Waals surface area contributed by atoms with Gasteiger partial charge in [-0.05, 0) is 18.2 Å². The van der Waals surface area contributed by atoms with Gasteiger partial charge >= 0.3 is 6.18 Å². The van der Waals surface area contributed by atoms with E-state index in [0.29, 0.717) is 17.5 Å². The van der Waals surface area contributed by atoms with E-state index in [2.05, 4.69) is 15.5 Å². The number of aryl methyl sites for hydroxylation is 1. The van der Waals surface area contributed by atoms with E-state index >= 15 is 0 Å². The molecule has 0 unspecified atom stereocenters. The van der Waals surface area contributed by atoms with Gasteiger partial charge in [-0.25, -0.2) is 0 Å². The highest BCUT2D eigenvalue weighted by molar-refractivity contribution is 7.99. The Labute approximate surface area is 167 Å². The standard InChI is InChI=1S/C16H16ClF3N4O3S/c1-9-21-13(23-27-9)7-28-8-15(26)24(2)6-14(25)22-10-3-4-12(17)11(5-10)16(18,19)20/h3-5H,6-8H2,1-2H3,(H,22,25). The molecule has 0 aliphatic heterocycles. The van der Waals surface area contributed by atoms with Crippen molar-refractivity contribution in [2.75, 3.05) is 24.7 Å². The number of likely N-dealkylation sites (N-methyl/N-ethyl adjacent to an activating group) is 1. The van der Waals surface area contributed by atoms with Crippen LogP contribution >= 0.6 is 23.4 Å². The molecule has 0 spiro atoms. The maximum Gasteiger partial charge on any atom is 0.417 e. The first-order valence-corrected chi connectivity index (χ1v) is 9.37. The van der Waals surface area contributed by atoms with Crippen LogP contribution < -0.4 is 5.32 Å². The lowest BCUT2D eigenvalue weighted by molar-refractivity contribution is -0.137. The van der Waals surface area contributed by atoms with Crippen LogP contribution in [0.1, 0.15) is 17.3 Å². The molecular formula is C16H16ClF3N4O3S. The van der Waals surface area contributed by atoms with E-state index in [1.54, 1.807) is 6.92 Å². The normalized spacial score (nSPS) is 11.4. The minimum atomic E-state index is -4.64. The Morgan fingerprint density at radius 1 is 1.36 bits per heavy atom. The second kappa shape index (κ2) is 9.28. The summed E-state index contributed by atoms with van der Waals surface area (Å²) in [5.74, 6) is 0.369. The van der Waals surface area contributed by atoms with Crippen LogP contribution in [0.4, 0.5) is 18.9 Å². The molecule has 0 bridgehead atoms. The van der Waals surface area contributed by atoms with E-state index in [-0.39, 0.29) is 23.9 Å². The van der Waals surface area contributed by atoms with E-state index < -0.39 is 22.7 Å². The van der Waals surface area contributed by atoms with E-state index in [0.717, 1.165) is 12.1 Å². The van der Waals surface area contributed by atoms with Crippen LogP contribution in [0.25, 0.3) is 0 Å². The number of aromatic nitrogens is 2. The number of carbonyl (C=O) groups is 2. The monoisotopic (exact) mass is 436 g/mol. The number of anilines is 1. The van der Waals surface area contributed by atoms with Gasteiger partial charge in [-0.3, -0.25) is 9.59 Å². The van der Waals surface area contributed by atoms with Crippen LogP contribution in [-0.2, 0) is 21.5 Å². The minimum absolute atomic E-state index is 0.0653. The summed E-state index contributed by atoms with van der Waals surface area (Å²) in [6.07, 6.45) is -4.64. The SMILES string of the molecule is Cc1nc(CSCC(=O)N(C)CC(=O)Nc2ccc(Cl)c(C(F)(F)F)c2)no1. The maximum absolute atomic E-state index is 12.9. The summed E-state index contributed by atoms with van der Waals surface area (Å²) in [5, 5.41) is 5.55. The number of thioether (sulfide) groups is 1. The molecule has 28 heavy (non-hydrogen) atoms. The number of alkyl halides is 3. The first kappa shape index (κ1) is 22.0. The van der Waals surface area contributed by atoms with E-state index in [4.69, 9.17) is 16.1 Å². The fourth-order valence-corrected chi connectivity index (χ4v) is 3.09. The van der Waals surface area contributed by atoms with Gasteiger partial charge in [0, 0.05) is 19.7 Å². The lowest BCUT2D eigenvalue weighted by atomic mass is 10.2. The second-order valence-corrected chi connectivity index (χ2v) is 7.11. The molecule has 0 radical (unpaired) electrons. The molecule has 1 aromatic carbocycles. The van der Waals surface area contributed by atoms with Gasteiger partial charge in [0.2, 0.25) is 17.7 Å². The highest BCUT2D eigenvalue weighted by Crippen LogP contribution is 2.36. The quantitative estimate of drug-likeness (QED) is 0.715. The molecule has 0 fully saturated rings. The zero-order valence-corrected chi connectivity index (χ0v) is 16.4. The molecule has 1 aromatic heterocycles. The Morgan fingerprint density at radius 2 is 2.07 bits per heavy atom. The van der Waals surface area contributed by atoms with Crippen LogP contribution in [-0.4, -0.2) is 46.2 Å². The van der Waals surface area contributed by atoms with Crippen molar-refractivity contribution < 1.29 is 27.3 Å². The summed E-state index contributed by atoms with van der Waals surface area (Å²) >= 11 is 6.78. The molecule has 2 rings (SSSR count). The largest absolute Gasteiger partial charge is 0.417 e. The van der Waals surface area contributed by atoms with Gasteiger partial charge in [0.25, 0.3) is 0 Å². The van der Waals surface area contributed by atoms with Crippen molar-refractivity contribution in [3.8, 4) is 0 Å². The number of nitrogens with one attached hydrogen (secondary N) is 1. The third-order valence-electron chi connectivity index (χ3n) is 3.39. The van der Waals surface area contributed by atoms with Gasteiger partial charge in [0.15, 0.2) is 5.82 Å². The van der Waals surface area contributed by atoms with Gasteiger partial charge < -0.3 is 14.7 Å². The summed E-state index contributed by atoms with van der Waals surface area (Å²) in [6, 6.07) is 3.04. The molecule has 12 heteroatoms. The Kier molecular flexibility index (Phi) is 7.30. The summed E-state index contributed by atoms with van der Waals surface area (Å²) in [4.78, 5) is 29.2. The van der Waals surface area contributed by atoms with E-state index in [1.807, 2.05) is 0 Å². The van der Waals surface area contributed by atoms with Crippen molar-refractivity contribution in [3.05, 3.63) is 40.5 Å². The zero-order chi connectivity index (χ0) is 20.9. The van der Waals surface area contributed by atoms with Gasteiger partial charge in [0.05, 0.1) is 28.6 Å². The second-order valence-electron chi connectivity index (χ2n) is 5.71. The third kappa shape index (κ3) is 6.41. The first-order chi connectivity index (χ1) is 13.1. The number of hydrogen-bond acceptors (Lipinski definition) is 6. The highest BCUT2D eigenvalue weighted by atomic mass is 35.5. The fourth-order valence-electron chi connectivity index (χ4n) is 2.06. The van der Waals surface area contributed by atoms with Crippen molar-refractivity contribution in [3.63, 3.8) is 0 Å². The molecular weight excluding hydrogens is 421 g/mol. The molecule has 0 aliphatic carbocycles. The molecule has 7 nitrogen and oxygen atoms in total. The van der Waals surface area contributed by atoms with Gasteiger partial charge in [-0.2, -0.15) is 18.2 Å². The van der Waals surface area contributed by atoms with E-state index in [9.17, 15) is 22.8 Å². The Bertz CT molecular complexity index is 860. The van der Waals surface area contributed by atoms with Crippen LogP contribution in [0.3, 0.4) is 0 Å². The van der Waals surface area contributed by atoms with Crippen LogP contribution in [0.2, 0.25) is 5.02 Å². The number of benzene rings is 1. The molecule has 0 saturated carbocycles. The highest BCUT2D eigenvalue weighted by Gasteiger charge is 2.33. The number of carbonyl (C=O) groups excluding carboxylic acids is 2. The van der Waals surface area contributed by atoms with Gasteiger partial charge in [0.1, 0.15) is 0 Å². The third-order valence-corrected chi connectivity index (χ3v) is 4.63. The van der Waals surface area contributed by atoms with Crippen molar-refractivity contribution in [2.45, 2.75) is 18.9 Å². The fraction of sp³-hybridized carbons (Fsp3) is 0.375. The lowest BCUT2D eigenvalue weighted by Crippen LogP contribution is -2.36. The minimum Gasteiger partial charge on any atom is -0.340 e. The summed E-state index contributed by atoms with van der Waals surface area (Å²) in [6.45, 7) is 1.34. The Morgan fingerprint density at radius 3 is 2.68 bits per heavy atom. The van der Waals surface area contributed by atoms with Crippen LogP contribution in [0.15, 0.2) is 22.7 Å². The Hall–Kier alpha value is -2.27. The predicted octanol–water partition coefficient (Wildman–Crippen LogP) is 3.38. The molecule has 0 aliphatic rings. The summed E-state index contributed by atoms with van der Waals surface area (Å²) < 4.78 is 43.4. The van der Waals surface area contributed by atoms with Crippen molar-refractivity contribution in [2.24, 2.45) is 0 Å². The number of halogens is 4. The van der Waals surface area contributed by atoms with Crippen molar-refractivity contribution >= 4 is 40.9 Å². The predicted molar refractivity (Wildman–Crippen MR) is 97.9 cm³/mol. The lowest BCUT2D eigenvalue weighted by Gasteiger charge is -2.17. The zero-order valence-electron chi connectivity index (χ0n) is 14.8. The molecule has 0 atom stereocenters. The molecule has 152 valence electrons.